The van der Waals surface area contributed by atoms with Crippen molar-refractivity contribution in [3.63, 3.8) is 0 Å². The maximum Gasteiger partial charge on any atom is 0.185 e. The van der Waals surface area contributed by atoms with Gasteiger partial charge >= 0.3 is 0 Å². The molecule has 1 aromatic heterocycles. The van der Waals surface area contributed by atoms with Gasteiger partial charge in [0, 0.05) is 37.7 Å². The number of rotatable bonds is 5. The van der Waals surface area contributed by atoms with Gasteiger partial charge in [-0.1, -0.05) is 13.8 Å². The summed E-state index contributed by atoms with van der Waals surface area (Å²) in [7, 11) is 1.80. The number of hydrogen-bond donors (Lipinski definition) is 1. The Morgan fingerprint density at radius 2 is 2.32 bits per heavy atom. The second kappa shape index (κ2) is 6.68. The van der Waals surface area contributed by atoms with Gasteiger partial charge in [0.2, 0.25) is 0 Å². The van der Waals surface area contributed by atoms with E-state index in [1.54, 1.807) is 7.11 Å². The summed E-state index contributed by atoms with van der Waals surface area (Å²) in [4.78, 5) is 8.45. The molecule has 1 aliphatic heterocycles. The summed E-state index contributed by atoms with van der Waals surface area (Å²) in [6.07, 6.45) is 2.71. The van der Waals surface area contributed by atoms with Crippen molar-refractivity contribution in [1.82, 2.24) is 10.3 Å². The lowest BCUT2D eigenvalue weighted by molar-refractivity contribution is 0.0893. The van der Waals surface area contributed by atoms with Crippen LogP contribution in [0.4, 0.5) is 5.13 Å². The Labute approximate surface area is 120 Å². The third-order valence-corrected chi connectivity index (χ3v) is 4.75. The molecular formula is C14H25N3OS. The van der Waals surface area contributed by atoms with Gasteiger partial charge in [-0.2, -0.15) is 0 Å². The Hall–Kier alpha value is -0.650. The van der Waals surface area contributed by atoms with Gasteiger partial charge in [-0.25, -0.2) is 4.98 Å². The first-order chi connectivity index (χ1) is 9.10. The van der Waals surface area contributed by atoms with E-state index in [0.717, 1.165) is 30.5 Å². The van der Waals surface area contributed by atoms with Gasteiger partial charge in [0.1, 0.15) is 0 Å². The van der Waals surface area contributed by atoms with E-state index < -0.39 is 0 Å². The molecule has 1 unspecified atom stereocenters. The van der Waals surface area contributed by atoms with E-state index in [2.05, 4.69) is 31.0 Å². The SMILES string of the molecule is COC1CCCN(c2nc(C)c(CNC(C)C)s2)C1. The third-order valence-electron chi connectivity index (χ3n) is 3.53. The van der Waals surface area contributed by atoms with E-state index in [1.807, 2.05) is 11.3 Å². The van der Waals surface area contributed by atoms with Gasteiger partial charge in [0.25, 0.3) is 0 Å². The molecule has 1 saturated heterocycles. The fourth-order valence-electron chi connectivity index (χ4n) is 2.31. The first kappa shape index (κ1) is 14.8. The van der Waals surface area contributed by atoms with Crippen LogP contribution in [-0.4, -0.2) is 37.3 Å². The lowest BCUT2D eigenvalue weighted by atomic mass is 10.1. The maximum absolute atomic E-state index is 5.48. The summed E-state index contributed by atoms with van der Waals surface area (Å²) in [5.41, 5.74) is 1.16. The molecule has 19 heavy (non-hydrogen) atoms. The van der Waals surface area contributed by atoms with E-state index >= 15 is 0 Å². The van der Waals surface area contributed by atoms with Crippen LogP contribution in [-0.2, 0) is 11.3 Å². The summed E-state index contributed by atoms with van der Waals surface area (Å²) in [5, 5.41) is 4.62. The van der Waals surface area contributed by atoms with Crippen LogP contribution in [0.3, 0.4) is 0 Å². The summed E-state index contributed by atoms with van der Waals surface area (Å²) in [6.45, 7) is 9.44. The predicted octanol–water partition coefficient (Wildman–Crippen LogP) is 2.56. The second-order valence-corrected chi connectivity index (χ2v) is 6.55. The third kappa shape index (κ3) is 3.91. The average molecular weight is 283 g/mol. The van der Waals surface area contributed by atoms with Crippen LogP contribution in [0, 0.1) is 6.92 Å². The van der Waals surface area contributed by atoms with Gasteiger partial charge < -0.3 is 15.0 Å². The summed E-state index contributed by atoms with van der Waals surface area (Å²) < 4.78 is 5.48. The fraction of sp³-hybridized carbons (Fsp3) is 0.786. The summed E-state index contributed by atoms with van der Waals surface area (Å²) in [5.74, 6) is 0. The monoisotopic (exact) mass is 283 g/mol. The van der Waals surface area contributed by atoms with Crippen molar-refractivity contribution in [2.75, 3.05) is 25.1 Å². The molecule has 2 rings (SSSR count). The number of nitrogens with one attached hydrogen (secondary N) is 1. The molecule has 0 radical (unpaired) electrons. The number of ether oxygens (including phenoxy) is 1. The Morgan fingerprint density at radius 1 is 1.53 bits per heavy atom. The quantitative estimate of drug-likeness (QED) is 0.901. The number of anilines is 1. The molecule has 0 aromatic carbocycles. The molecule has 1 N–H and O–H groups in total. The number of nitrogens with zero attached hydrogens (tertiary/aromatic N) is 2. The Bertz CT molecular complexity index is 405. The smallest absolute Gasteiger partial charge is 0.185 e. The molecule has 5 heteroatoms. The lowest BCUT2D eigenvalue weighted by Gasteiger charge is -2.31. The zero-order valence-electron chi connectivity index (χ0n) is 12.4. The Kier molecular flexibility index (Phi) is 5.19. The fourth-order valence-corrected chi connectivity index (χ4v) is 3.36. The van der Waals surface area contributed by atoms with Gasteiger partial charge in [0.15, 0.2) is 5.13 Å². The molecule has 2 heterocycles. The van der Waals surface area contributed by atoms with Crippen molar-refractivity contribution in [3.8, 4) is 0 Å². The van der Waals surface area contributed by atoms with Gasteiger partial charge in [-0.05, 0) is 19.8 Å². The van der Waals surface area contributed by atoms with E-state index in [1.165, 1.54) is 17.7 Å². The highest BCUT2D eigenvalue weighted by Crippen LogP contribution is 2.28. The first-order valence-corrected chi connectivity index (χ1v) is 7.89. The van der Waals surface area contributed by atoms with Crippen LogP contribution in [0.25, 0.3) is 0 Å². The van der Waals surface area contributed by atoms with Crippen LogP contribution in [0.5, 0.6) is 0 Å². The van der Waals surface area contributed by atoms with Crippen molar-refractivity contribution in [2.45, 2.75) is 52.3 Å². The minimum absolute atomic E-state index is 0.357. The van der Waals surface area contributed by atoms with Crippen LogP contribution in [0.2, 0.25) is 0 Å². The number of aromatic nitrogens is 1. The molecular weight excluding hydrogens is 258 g/mol. The molecule has 0 saturated carbocycles. The zero-order chi connectivity index (χ0) is 13.8. The molecule has 1 aromatic rings. The Morgan fingerprint density at radius 3 is 3.00 bits per heavy atom. The molecule has 0 spiro atoms. The van der Waals surface area contributed by atoms with Crippen molar-refractivity contribution >= 4 is 16.5 Å². The summed E-state index contributed by atoms with van der Waals surface area (Å²) in [6, 6.07) is 0.512. The second-order valence-electron chi connectivity index (χ2n) is 5.49. The van der Waals surface area contributed by atoms with Crippen LogP contribution in [0.1, 0.15) is 37.3 Å². The number of thiazole rings is 1. The van der Waals surface area contributed by atoms with Crippen molar-refractivity contribution in [1.29, 1.82) is 0 Å². The van der Waals surface area contributed by atoms with E-state index in [4.69, 9.17) is 9.72 Å². The van der Waals surface area contributed by atoms with Crippen LogP contribution >= 0.6 is 11.3 Å². The summed E-state index contributed by atoms with van der Waals surface area (Å²) >= 11 is 1.82. The van der Waals surface area contributed by atoms with Gasteiger partial charge in [-0.15, -0.1) is 11.3 Å². The minimum Gasteiger partial charge on any atom is -0.380 e. The van der Waals surface area contributed by atoms with E-state index in [0.29, 0.717) is 12.1 Å². The topological polar surface area (TPSA) is 37.4 Å². The normalized spacial score (nSPS) is 20.3. The maximum atomic E-state index is 5.48. The first-order valence-electron chi connectivity index (χ1n) is 7.07. The Balaban J connectivity index is 2.02. The molecule has 0 aliphatic carbocycles. The molecule has 0 amide bonds. The zero-order valence-corrected chi connectivity index (χ0v) is 13.2. The molecule has 1 fully saturated rings. The van der Waals surface area contributed by atoms with E-state index in [-0.39, 0.29) is 0 Å². The van der Waals surface area contributed by atoms with Crippen LogP contribution < -0.4 is 10.2 Å². The molecule has 1 aliphatic rings. The number of aryl methyl sites for hydroxylation is 1. The van der Waals surface area contributed by atoms with Crippen molar-refractivity contribution in [3.05, 3.63) is 10.6 Å². The lowest BCUT2D eigenvalue weighted by Crippen LogP contribution is -2.39. The van der Waals surface area contributed by atoms with Gasteiger partial charge in [0.05, 0.1) is 11.8 Å². The van der Waals surface area contributed by atoms with E-state index in [9.17, 15) is 0 Å². The molecule has 4 nitrogen and oxygen atoms in total. The minimum atomic E-state index is 0.357. The molecule has 0 bridgehead atoms. The number of piperidine rings is 1. The average Bonchev–Trinajstić information content (AvgIpc) is 2.78. The highest BCUT2D eigenvalue weighted by molar-refractivity contribution is 7.15. The highest BCUT2D eigenvalue weighted by Gasteiger charge is 2.22. The van der Waals surface area contributed by atoms with Crippen molar-refractivity contribution < 1.29 is 4.74 Å². The van der Waals surface area contributed by atoms with Crippen molar-refractivity contribution in [2.24, 2.45) is 0 Å². The van der Waals surface area contributed by atoms with Crippen LogP contribution in [0.15, 0.2) is 0 Å². The standard InChI is InChI=1S/C14H25N3OS/c1-10(2)15-8-13-11(3)16-14(19-13)17-7-5-6-12(9-17)18-4/h10,12,15H,5-9H2,1-4H3. The molecule has 108 valence electrons. The number of methoxy groups -OCH3 is 1. The predicted molar refractivity (Wildman–Crippen MR) is 81.1 cm³/mol. The molecule has 1 atom stereocenters. The number of hydrogen-bond acceptors (Lipinski definition) is 5. The van der Waals surface area contributed by atoms with Gasteiger partial charge in [-0.3, -0.25) is 0 Å². The highest BCUT2D eigenvalue weighted by atomic mass is 32.1. The largest absolute Gasteiger partial charge is 0.380 e.